The standard InChI is InChI=1S/C15H21N3/c16-14-17-2-1-13(18-14)9-15-6-10-3-11(7-15)5-12(4-10)8-15/h1-2,10-12H,3-9H2,(H2,16,17,18). The Labute approximate surface area is 108 Å². The molecule has 2 N–H and O–H groups in total. The average Bonchev–Trinajstić information content (AvgIpc) is 2.25. The van der Waals surface area contributed by atoms with Crippen LogP contribution in [0.15, 0.2) is 12.3 Å². The molecule has 0 amide bonds. The maximum Gasteiger partial charge on any atom is 0.220 e. The first kappa shape index (κ1) is 10.8. The van der Waals surface area contributed by atoms with Gasteiger partial charge in [-0.1, -0.05) is 0 Å². The molecule has 3 nitrogen and oxygen atoms in total. The first-order valence-corrected chi connectivity index (χ1v) is 7.28. The van der Waals surface area contributed by atoms with Gasteiger partial charge in [0.05, 0.1) is 0 Å². The van der Waals surface area contributed by atoms with Crippen molar-refractivity contribution in [3.8, 4) is 0 Å². The number of hydrogen-bond acceptors (Lipinski definition) is 3. The Bertz CT molecular complexity index is 433. The van der Waals surface area contributed by atoms with Crippen molar-refractivity contribution in [2.45, 2.75) is 44.9 Å². The summed E-state index contributed by atoms with van der Waals surface area (Å²) in [5.74, 6) is 3.46. The molecule has 0 aliphatic heterocycles. The maximum atomic E-state index is 5.70. The zero-order valence-electron chi connectivity index (χ0n) is 10.8. The third kappa shape index (κ3) is 1.72. The predicted molar refractivity (Wildman–Crippen MR) is 70.8 cm³/mol. The molecule has 0 unspecified atom stereocenters. The van der Waals surface area contributed by atoms with Crippen LogP contribution in [0.2, 0.25) is 0 Å². The maximum absolute atomic E-state index is 5.70. The van der Waals surface area contributed by atoms with Gasteiger partial charge in [0.2, 0.25) is 5.95 Å². The number of nitrogen functional groups attached to an aromatic ring is 1. The van der Waals surface area contributed by atoms with Crippen molar-refractivity contribution in [2.24, 2.45) is 23.2 Å². The first-order valence-electron chi connectivity index (χ1n) is 7.28. The van der Waals surface area contributed by atoms with Crippen LogP contribution >= 0.6 is 0 Å². The van der Waals surface area contributed by atoms with E-state index < -0.39 is 0 Å². The summed E-state index contributed by atoms with van der Waals surface area (Å²) in [6.45, 7) is 0. The van der Waals surface area contributed by atoms with E-state index in [1.54, 1.807) is 6.20 Å². The Balaban J connectivity index is 1.60. The molecule has 18 heavy (non-hydrogen) atoms. The molecule has 4 saturated carbocycles. The summed E-state index contributed by atoms with van der Waals surface area (Å²) in [6, 6.07) is 2.05. The fraction of sp³-hybridized carbons (Fsp3) is 0.733. The topological polar surface area (TPSA) is 51.8 Å². The Morgan fingerprint density at radius 3 is 2.28 bits per heavy atom. The van der Waals surface area contributed by atoms with Crippen LogP contribution in [-0.2, 0) is 6.42 Å². The summed E-state index contributed by atoms with van der Waals surface area (Å²) < 4.78 is 0. The summed E-state index contributed by atoms with van der Waals surface area (Å²) in [6.07, 6.45) is 11.7. The lowest BCUT2D eigenvalue weighted by Crippen LogP contribution is -2.47. The van der Waals surface area contributed by atoms with Crippen LogP contribution in [0.1, 0.15) is 44.2 Å². The van der Waals surface area contributed by atoms with Gasteiger partial charge in [-0.3, -0.25) is 0 Å². The molecule has 0 aromatic carbocycles. The van der Waals surface area contributed by atoms with E-state index in [-0.39, 0.29) is 0 Å². The van der Waals surface area contributed by atoms with Gasteiger partial charge in [0.25, 0.3) is 0 Å². The van der Waals surface area contributed by atoms with Crippen LogP contribution in [0.25, 0.3) is 0 Å². The SMILES string of the molecule is Nc1nccc(CC23CC4CC(CC(C4)C2)C3)n1. The molecule has 4 aliphatic carbocycles. The minimum Gasteiger partial charge on any atom is -0.368 e. The van der Waals surface area contributed by atoms with Crippen LogP contribution in [0.5, 0.6) is 0 Å². The lowest BCUT2D eigenvalue weighted by molar-refractivity contribution is -0.0526. The molecule has 0 saturated heterocycles. The van der Waals surface area contributed by atoms with E-state index in [1.165, 1.54) is 38.5 Å². The molecule has 0 spiro atoms. The van der Waals surface area contributed by atoms with Crippen molar-refractivity contribution in [2.75, 3.05) is 5.73 Å². The number of rotatable bonds is 2. The van der Waals surface area contributed by atoms with Gasteiger partial charge in [-0.2, -0.15) is 0 Å². The predicted octanol–water partition coefficient (Wildman–Crippen LogP) is 2.82. The molecule has 1 aromatic heterocycles. The normalized spacial score (nSPS) is 41.2. The summed E-state index contributed by atoms with van der Waals surface area (Å²) in [7, 11) is 0. The first-order chi connectivity index (χ1) is 8.71. The highest BCUT2D eigenvalue weighted by atomic mass is 15.0. The van der Waals surface area contributed by atoms with Crippen molar-refractivity contribution in [1.82, 2.24) is 9.97 Å². The average molecular weight is 243 g/mol. The molecule has 1 heterocycles. The molecule has 5 rings (SSSR count). The third-order valence-corrected chi connectivity index (χ3v) is 5.45. The number of hydrogen-bond donors (Lipinski definition) is 1. The van der Waals surface area contributed by atoms with E-state index in [4.69, 9.17) is 5.73 Å². The summed E-state index contributed by atoms with van der Waals surface area (Å²) >= 11 is 0. The van der Waals surface area contributed by atoms with E-state index in [2.05, 4.69) is 16.0 Å². The lowest BCUT2D eigenvalue weighted by Gasteiger charge is -2.57. The van der Waals surface area contributed by atoms with E-state index >= 15 is 0 Å². The van der Waals surface area contributed by atoms with Crippen LogP contribution in [-0.4, -0.2) is 9.97 Å². The van der Waals surface area contributed by atoms with E-state index in [9.17, 15) is 0 Å². The highest BCUT2D eigenvalue weighted by molar-refractivity contribution is 5.19. The monoisotopic (exact) mass is 243 g/mol. The van der Waals surface area contributed by atoms with E-state index in [0.717, 1.165) is 29.9 Å². The fourth-order valence-electron chi connectivity index (χ4n) is 5.40. The Kier molecular flexibility index (Phi) is 2.21. The third-order valence-electron chi connectivity index (χ3n) is 5.45. The molecule has 3 heteroatoms. The van der Waals surface area contributed by atoms with Crippen LogP contribution in [0.3, 0.4) is 0 Å². The van der Waals surface area contributed by atoms with Gasteiger partial charge in [0.1, 0.15) is 0 Å². The van der Waals surface area contributed by atoms with Crippen molar-refractivity contribution in [3.63, 3.8) is 0 Å². The van der Waals surface area contributed by atoms with E-state index in [0.29, 0.717) is 11.4 Å². The van der Waals surface area contributed by atoms with Crippen molar-refractivity contribution < 1.29 is 0 Å². The van der Waals surface area contributed by atoms with E-state index in [1.807, 2.05) is 0 Å². The molecule has 1 aromatic rings. The molecule has 0 atom stereocenters. The van der Waals surface area contributed by atoms with Gasteiger partial charge >= 0.3 is 0 Å². The Morgan fingerprint density at radius 2 is 1.72 bits per heavy atom. The Morgan fingerprint density at radius 1 is 1.11 bits per heavy atom. The van der Waals surface area contributed by atoms with Crippen molar-refractivity contribution in [1.29, 1.82) is 0 Å². The second-order valence-corrected chi connectivity index (χ2v) is 7.00. The second kappa shape index (κ2) is 3.69. The quantitative estimate of drug-likeness (QED) is 0.869. The van der Waals surface area contributed by atoms with Gasteiger partial charge in [-0.25, -0.2) is 9.97 Å². The number of aromatic nitrogens is 2. The van der Waals surface area contributed by atoms with Gasteiger partial charge in [0.15, 0.2) is 0 Å². The highest BCUT2D eigenvalue weighted by Gasteiger charge is 2.50. The minimum absolute atomic E-state index is 0.428. The summed E-state index contributed by atoms with van der Waals surface area (Å²) in [5.41, 5.74) is 7.41. The van der Waals surface area contributed by atoms with Crippen LogP contribution in [0.4, 0.5) is 5.95 Å². The summed E-state index contributed by atoms with van der Waals surface area (Å²) in [5, 5.41) is 0. The molecule has 96 valence electrons. The van der Waals surface area contributed by atoms with Crippen molar-refractivity contribution >= 4 is 5.95 Å². The van der Waals surface area contributed by atoms with Crippen LogP contribution < -0.4 is 5.73 Å². The molecular weight excluding hydrogens is 222 g/mol. The molecule has 4 aliphatic rings. The van der Waals surface area contributed by atoms with Gasteiger partial charge < -0.3 is 5.73 Å². The number of anilines is 1. The fourth-order valence-corrected chi connectivity index (χ4v) is 5.40. The van der Waals surface area contributed by atoms with Crippen molar-refractivity contribution in [3.05, 3.63) is 18.0 Å². The zero-order chi connectivity index (χ0) is 12.2. The second-order valence-electron chi connectivity index (χ2n) is 7.00. The van der Waals surface area contributed by atoms with Gasteiger partial charge in [0, 0.05) is 11.9 Å². The van der Waals surface area contributed by atoms with Gasteiger partial charge in [-0.05, 0) is 74.2 Å². The molecule has 4 fully saturated rings. The van der Waals surface area contributed by atoms with Gasteiger partial charge in [-0.15, -0.1) is 0 Å². The Hall–Kier alpha value is -1.12. The summed E-state index contributed by atoms with van der Waals surface area (Å²) in [4.78, 5) is 8.42. The number of nitrogens with two attached hydrogens (primary N) is 1. The largest absolute Gasteiger partial charge is 0.368 e. The van der Waals surface area contributed by atoms with Crippen LogP contribution in [0, 0.1) is 23.2 Å². The zero-order valence-corrected chi connectivity index (χ0v) is 10.8. The minimum atomic E-state index is 0.428. The lowest BCUT2D eigenvalue weighted by atomic mass is 9.48. The highest BCUT2D eigenvalue weighted by Crippen LogP contribution is 2.60. The smallest absolute Gasteiger partial charge is 0.220 e. The molecular formula is C15H21N3. The number of nitrogens with zero attached hydrogens (tertiary/aromatic N) is 2. The molecule has 4 bridgehead atoms. The molecule has 0 radical (unpaired) electrons.